The van der Waals surface area contributed by atoms with Crippen molar-refractivity contribution < 1.29 is 37.9 Å². The molecule has 0 bridgehead atoms. The number of anilines is 6. The number of hydrogen-bond donors (Lipinski definition) is 6. The van der Waals surface area contributed by atoms with Gasteiger partial charge in [0.1, 0.15) is 97.6 Å². The Morgan fingerprint density at radius 3 is 1.46 bits per heavy atom. The van der Waals surface area contributed by atoms with Gasteiger partial charge in [0, 0.05) is 128 Å². The predicted octanol–water partition coefficient (Wildman–Crippen LogP) is 11.0. The molecular weight excluding hydrogens is 1450 g/mol. The molecule has 16 rings (SSSR count). The van der Waals surface area contributed by atoms with Crippen molar-refractivity contribution in [1.82, 2.24) is 77.7 Å². The lowest BCUT2D eigenvalue weighted by molar-refractivity contribution is -0.130. The van der Waals surface area contributed by atoms with E-state index in [4.69, 9.17) is 36.9 Å². The van der Waals surface area contributed by atoms with E-state index >= 15 is 0 Å². The van der Waals surface area contributed by atoms with Crippen LogP contribution in [0.5, 0.6) is 5.75 Å². The van der Waals surface area contributed by atoms with Crippen molar-refractivity contribution in [1.29, 1.82) is 0 Å². The van der Waals surface area contributed by atoms with Gasteiger partial charge in [0.05, 0.1) is 30.8 Å². The molecule has 1 aliphatic carbocycles. The number of ether oxygens (including phenoxy) is 1. The summed E-state index contributed by atoms with van der Waals surface area (Å²) in [6.07, 6.45) is 26.4. The van der Waals surface area contributed by atoms with Crippen LogP contribution < -0.4 is 37.9 Å². The number of benzene rings is 3. The summed E-state index contributed by atoms with van der Waals surface area (Å²) in [5, 5.41) is 8.15. The Morgan fingerprint density at radius 1 is 0.518 bits per heavy atom. The fraction of sp³-hybridized carbons (Fsp3) is 0.250. The summed E-state index contributed by atoms with van der Waals surface area (Å²) in [6, 6.07) is 31.5. The van der Waals surface area contributed by atoms with Crippen LogP contribution >= 0.6 is 0 Å². The van der Waals surface area contributed by atoms with Crippen molar-refractivity contribution in [2.75, 3.05) is 80.5 Å². The number of carbonyl (C=O) groups is 6. The van der Waals surface area contributed by atoms with Crippen molar-refractivity contribution in [3.05, 3.63) is 223 Å². The molecule has 3 saturated heterocycles. The molecule has 4 fully saturated rings. The molecule has 9 N–H and O–H groups in total. The highest BCUT2D eigenvalue weighted by atomic mass is 19.1. The molecule has 12 heterocycles. The smallest absolute Gasteiger partial charge is 0.299 e. The molecular formula is C84H81FN22O7. The zero-order valence-electron chi connectivity index (χ0n) is 62.9. The van der Waals surface area contributed by atoms with Crippen molar-refractivity contribution in [3.63, 3.8) is 0 Å². The molecule has 0 unspecified atom stereocenters. The van der Waals surface area contributed by atoms with E-state index in [1.54, 1.807) is 140 Å². The molecule has 576 valence electrons. The van der Waals surface area contributed by atoms with Gasteiger partial charge < -0.3 is 57.5 Å². The molecule has 114 heavy (non-hydrogen) atoms. The van der Waals surface area contributed by atoms with E-state index in [1.807, 2.05) is 78.7 Å². The van der Waals surface area contributed by atoms with Crippen molar-refractivity contribution in [3.8, 4) is 63.2 Å². The van der Waals surface area contributed by atoms with Gasteiger partial charge in [0.25, 0.3) is 29.5 Å². The maximum atomic E-state index is 13.5. The lowest BCUT2D eigenvalue weighted by Crippen LogP contribution is -2.38. The van der Waals surface area contributed by atoms with Crippen LogP contribution in [0.1, 0.15) is 131 Å². The summed E-state index contributed by atoms with van der Waals surface area (Å²) in [4.78, 5) is 124. The van der Waals surface area contributed by atoms with Crippen LogP contribution in [0.25, 0.3) is 50.3 Å². The number of hydrogen-bond acceptors (Lipinski definition) is 20. The minimum atomic E-state index is -0.489. The average Bonchev–Trinajstić information content (AvgIpc) is 1.61. The van der Waals surface area contributed by atoms with Gasteiger partial charge in [0.15, 0.2) is 0 Å². The normalized spacial score (nSPS) is 15.8. The van der Waals surface area contributed by atoms with Crippen LogP contribution in [-0.2, 0) is 14.4 Å². The molecule has 29 nitrogen and oxygen atoms in total. The highest BCUT2D eigenvalue weighted by Crippen LogP contribution is 2.41. The molecule has 12 aromatic rings. The third kappa shape index (κ3) is 16.9. The average molecular weight is 1530 g/mol. The molecule has 1 saturated carbocycles. The number of imidazole rings is 3. The summed E-state index contributed by atoms with van der Waals surface area (Å²) in [5.41, 5.74) is 26.2. The Bertz CT molecular complexity index is 5790. The minimum Gasteiger partial charge on any atom is -0.496 e. The van der Waals surface area contributed by atoms with Crippen LogP contribution in [0.2, 0.25) is 0 Å². The lowest BCUT2D eigenvalue weighted by atomic mass is 10.0. The number of nitrogens with zero attached hydrogens (tertiary/aromatic N) is 16. The summed E-state index contributed by atoms with van der Waals surface area (Å²) in [6.45, 7) is 4.22. The fourth-order valence-corrected chi connectivity index (χ4v) is 14.2. The SMILES string of the molecule is CC#CC(=O)N1CCC[C@H]1c1nc(-c2ccc(C(=O)Nc3ccccn3)c(OC)c2)c2c(N)nccn12.CN(C)C/C=C/C(=O)N1CCCC[C@H]1c1nc(-c2ccc(C(=O)Nc3cc(F)ccn3)cc2)c2c(N)nccn12.Nc1nccn2c([C@@H]3CCCN3C(=O)C#CC3CC3)nc(-c3ccc(C(=O)Nc4ccccn4)cc3)c12. The maximum Gasteiger partial charge on any atom is 0.299 e. The molecule has 0 radical (unpaired) electrons. The number of halogens is 1. The maximum absolute atomic E-state index is 13.5. The number of nitrogen functional groups attached to an aromatic ring is 3. The van der Waals surface area contributed by atoms with Crippen LogP contribution in [0.15, 0.2) is 183 Å². The summed E-state index contributed by atoms with van der Waals surface area (Å²) in [5.74, 6) is 14.2. The van der Waals surface area contributed by atoms with Gasteiger partial charge in [-0.2, -0.15) is 0 Å². The Labute approximate surface area is 655 Å². The number of rotatable bonds is 16. The number of aromatic nitrogens is 12. The number of fused-ring (bicyclic) bond motifs is 3. The highest BCUT2D eigenvalue weighted by molar-refractivity contribution is 6.07. The van der Waals surface area contributed by atoms with E-state index in [1.165, 1.54) is 19.4 Å². The van der Waals surface area contributed by atoms with Gasteiger partial charge in [-0.3, -0.25) is 42.0 Å². The van der Waals surface area contributed by atoms with E-state index in [9.17, 15) is 33.2 Å². The number of likely N-dealkylation sites (N-methyl/N-ethyl adjacent to an activating group) is 1. The lowest BCUT2D eigenvalue weighted by Gasteiger charge is -2.34. The number of pyridine rings is 3. The van der Waals surface area contributed by atoms with E-state index in [2.05, 4.69) is 69.5 Å². The standard InChI is InChI=1S/C29H31FN8O2.C28H25N7O2.C27H25N7O3/c1-36(2)15-5-7-24(39)37-16-4-3-6-22(37)28-35-25(26-27(31)33-14-17-38(26)28)19-8-10-20(11-9-19)29(40)34-23-18-21(30)12-13-32-23;29-26-25-24(19-9-11-20(12-10-19)28(37)32-22-5-1-2-14-30-22)33-27(35(25)17-15-31-26)21-4-3-16-34(21)23(36)13-8-18-6-7-18;1-3-7-22(35)33-14-6-8-19(33)26-32-23(24-25(28)30-13-15-34(24)26)17-10-11-18(20(16-17)37-2)27(36)31-21-9-4-5-12-29-21/h5,7-14,17-18,22H,3-4,6,15-16H2,1-2H3,(H2,31,33)(H,32,34,40);1-2,5,9-12,14-15,17-18,21H,3-4,6-7,16H2,(H2,29,31)(H,30,32,37);4-5,9-13,15-16,19H,6,8,14H2,1-2H3,(H2,28,30)(H,29,31,36)/b7-5+;;/t22-;21-;19-/m000/s1. The van der Waals surface area contributed by atoms with E-state index in [0.29, 0.717) is 134 Å². The van der Waals surface area contributed by atoms with Crippen LogP contribution in [-0.4, -0.2) is 160 Å². The van der Waals surface area contributed by atoms with Crippen molar-refractivity contribution >= 4 is 86.9 Å². The van der Waals surface area contributed by atoms with Gasteiger partial charge >= 0.3 is 0 Å². The summed E-state index contributed by atoms with van der Waals surface area (Å²) < 4.78 is 24.7. The van der Waals surface area contributed by atoms with E-state index < -0.39 is 11.7 Å². The van der Waals surface area contributed by atoms with E-state index in [0.717, 1.165) is 80.8 Å². The Kier molecular flexibility index (Phi) is 23.0. The molecule has 3 aromatic carbocycles. The fourth-order valence-electron chi connectivity index (χ4n) is 14.2. The first-order chi connectivity index (χ1) is 55.4. The van der Waals surface area contributed by atoms with Gasteiger partial charge in [0.2, 0.25) is 5.91 Å². The van der Waals surface area contributed by atoms with Crippen molar-refractivity contribution in [2.24, 2.45) is 5.92 Å². The molecule has 30 heteroatoms. The Balaban J connectivity index is 0.000000142. The number of carbonyl (C=O) groups excluding carboxylic acids is 6. The second-order valence-electron chi connectivity index (χ2n) is 27.7. The third-order valence-corrected chi connectivity index (χ3v) is 19.8. The van der Waals surface area contributed by atoms with Crippen molar-refractivity contribution in [2.45, 2.75) is 82.8 Å². The van der Waals surface area contributed by atoms with Gasteiger partial charge in [-0.05, 0) is 157 Å². The number of nitrogens with one attached hydrogen (secondary N) is 3. The highest BCUT2D eigenvalue weighted by Gasteiger charge is 2.37. The third-order valence-electron chi connectivity index (χ3n) is 19.8. The molecule has 3 atom stereocenters. The molecule has 4 aliphatic rings. The number of likely N-dealkylation sites (tertiary alicyclic amines) is 3. The summed E-state index contributed by atoms with van der Waals surface area (Å²) >= 11 is 0. The van der Waals surface area contributed by atoms with Gasteiger partial charge in [-0.1, -0.05) is 60.4 Å². The van der Waals surface area contributed by atoms with E-state index in [-0.39, 0.29) is 53.5 Å². The first-order valence-corrected chi connectivity index (χ1v) is 37.2. The van der Waals surface area contributed by atoms with Gasteiger partial charge in [-0.25, -0.2) is 49.2 Å². The largest absolute Gasteiger partial charge is 0.496 e. The second kappa shape index (κ2) is 34.3. The molecule has 6 amide bonds. The number of amides is 6. The monoisotopic (exact) mass is 1530 g/mol. The number of nitrogens with two attached hydrogens (primary N) is 3. The summed E-state index contributed by atoms with van der Waals surface area (Å²) in [7, 11) is 5.41. The quantitative estimate of drug-likeness (QED) is 0.0386. The Hall–Kier alpha value is -14.3. The van der Waals surface area contributed by atoms with Gasteiger partial charge in [-0.15, -0.1) is 0 Å². The zero-order valence-corrected chi connectivity index (χ0v) is 62.9. The van der Waals surface area contributed by atoms with Crippen LogP contribution in [0, 0.1) is 35.4 Å². The topological polar surface area (TPSA) is 368 Å². The second-order valence-corrected chi connectivity index (χ2v) is 27.7. The Morgan fingerprint density at radius 2 is 0.982 bits per heavy atom. The van der Waals surface area contributed by atoms with Crippen LogP contribution in [0.3, 0.4) is 0 Å². The number of methoxy groups -OCH3 is 1. The predicted molar refractivity (Wildman–Crippen MR) is 429 cm³/mol. The first-order valence-electron chi connectivity index (χ1n) is 37.2. The first kappa shape index (κ1) is 76.5. The minimum absolute atomic E-state index is 0.0463. The number of piperidine rings is 1. The zero-order chi connectivity index (χ0) is 79.5. The molecule has 0 spiro atoms. The molecule has 3 aliphatic heterocycles. The molecule has 9 aromatic heterocycles. The van der Waals surface area contributed by atoms with Crippen LogP contribution in [0.4, 0.5) is 39.3 Å².